The highest BCUT2D eigenvalue weighted by Crippen LogP contribution is 2.30. The third-order valence-electron chi connectivity index (χ3n) is 4.08. The number of H-pyrrole nitrogens is 1. The number of carbonyl (C=O) groups excluding carboxylic acids is 2. The van der Waals surface area contributed by atoms with E-state index in [0.717, 1.165) is 4.90 Å². The van der Waals surface area contributed by atoms with E-state index in [9.17, 15) is 9.59 Å². The predicted octanol–water partition coefficient (Wildman–Crippen LogP) is 0.434. The van der Waals surface area contributed by atoms with Crippen molar-refractivity contribution in [2.45, 2.75) is 6.29 Å². The number of hydrogen-bond donors (Lipinski definition) is 3. The number of likely N-dealkylation sites (N-methyl/N-ethyl adjacent to an activating group) is 1. The van der Waals surface area contributed by atoms with Crippen molar-refractivity contribution in [3.8, 4) is 0 Å². The lowest BCUT2D eigenvalue weighted by Gasteiger charge is -2.17. The van der Waals surface area contributed by atoms with Gasteiger partial charge in [0.15, 0.2) is 6.54 Å². The fourth-order valence-corrected chi connectivity index (χ4v) is 3.06. The number of methoxy groups -OCH3 is 1. The number of carbonyl (C=O) groups is 2. The first-order valence-electron chi connectivity index (χ1n) is 8.22. The van der Waals surface area contributed by atoms with Gasteiger partial charge in [-0.2, -0.15) is 0 Å². The average Bonchev–Trinajstić information content (AvgIpc) is 3.22. The number of amides is 1. The first-order chi connectivity index (χ1) is 12.5. The van der Waals surface area contributed by atoms with Crippen LogP contribution in [0.2, 0.25) is 5.02 Å². The van der Waals surface area contributed by atoms with Crippen LogP contribution in [0.15, 0.2) is 18.2 Å². The Morgan fingerprint density at radius 2 is 2.12 bits per heavy atom. The van der Waals surface area contributed by atoms with Crippen LogP contribution in [0.4, 0.5) is 5.69 Å². The molecule has 8 nitrogen and oxygen atoms in total. The molecule has 1 amide bonds. The predicted molar refractivity (Wildman–Crippen MR) is 95.6 cm³/mol. The molecule has 0 bridgehead atoms. The van der Waals surface area contributed by atoms with E-state index in [1.807, 2.05) is 7.05 Å². The Balaban J connectivity index is 1.76. The Morgan fingerprint density at radius 1 is 1.38 bits per heavy atom. The van der Waals surface area contributed by atoms with Gasteiger partial charge in [0, 0.05) is 15.9 Å². The summed E-state index contributed by atoms with van der Waals surface area (Å²) in [5, 5.41) is 3.95. The van der Waals surface area contributed by atoms with Gasteiger partial charge in [-0.25, -0.2) is 4.79 Å². The third kappa shape index (κ3) is 4.16. The third-order valence-corrected chi connectivity index (χ3v) is 4.32. The molecule has 1 aliphatic heterocycles. The molecule has 140 valence electrons. The summed E-state index contributed by atoms with van der Waals surface area (Å²) in [5.41, 5.74) is 1.22. The van der Waals surface area contributed by atoms with Crippen LogP contribution in [-0.2, 0) is 19.0 Å². The molecule has 3 N–H and O–H groups in total. The Labute approximate surface area is 155 Å². The molecule has 1 atom stereocenters. The largest absolute Gasteiger partial charge is 0.464 e. The number of nitrogens with one attached hydrogen (secondary N) is 3. The number of quaternary nitrogens is 1. The molecule has 0 radical (unpaired) electrons. The fraction of sp³-hybridized carbons (Fsp3) is 0.412. The topological polar surface area (TPSA) is 94.1 Å². The van der Waals surface area contributed by atoms with Crippen molar-refractivity contribution in [2.75, 3.05) is 45.8 Å². The van der Waals surface area contributed by atoms with E-state index in [1.54, 1.807) is 18.2 Å². The molecule has 2 aromatic rings. The summed E-state index contributed by atoms with van der Waals surface area (Å²) in [7, 11) is 3.16. The molecule has 2 heterocycles. The lowest BCUT2D eigenvalue weighted by molar-refractivity contribution is -0.877. The Kier molecular flexibility index (Phi) is 5.77. The van der Waals surface area contributed by atoms with E-state index in [0.29, 0.717) is 41.4 Å². The number of esters is 1. The minimum absolute atomic E-state index is 0.179. The van der Waals surface area contributed by atoms with Crippen LogP contribution < -0.4 is 10.2 Å². The van der Waals surface area contributed by atoms with Crippen molar-refractivity contribution < 1.29 is 28.7 Å². The van der Waals surface area contributed by atoms with Crippen molar-refractivity contribution in [1.29, 1.82) is 0 Å². The highest BCUT2D eigenvalue weighted by atomic mass is 35.5. The monoisotopic (exact) mass is 382 g/mol. The van der Waals surface area contributed by atoms with Gasteiger partial charge in [0.05, 0.1) is 33.1 Å². The number of fused-ring (bicyclic) bond motifs is 1. The summed E-state index contributed by atoms with van der Waals surface area (Å²) in [4.78, 5) is 28.4. The second-order valence-electron chi connectivity index (χ2n) is 6.11. The molecular formula is C17H21ClN3O5+. The molecule has 0 spiro atoms. The molecule has 1 saturated heterocycles. The lowest BCUT2D eigenvalue weighted by Crippen LogP contribution is -3.11. The van der Waals surface area contributed by atoms with Crippen LogP contribution in [0, 0.1) is 0 Å². The van der Waals surface area contributed by atoms with Crippen LogP contribution in [0.1, 0.15) is 10.5 Å². The van der Waals surface area contributed by atoms with E-state index in [4.69, 9.17) is 25.8 Å². The second kappa shape index (κ2) is 8.05. The zero-order chi connectivity index (χ0) is 18.7. The minimum Gasteiger partial charge on any atom is -0.464 e. The summed E-state index contributed by atoms with van der Waals surface area (Å²) in [6.45, 7) is 1.89. The van der Waals surface area contributed by atoms with Gasteiger partial charge >= 0.3 is 5.97 Å². The van der Waals surface area contributed by atoms with Gasteiger partial charge in [0.1, 0.15) is 12.2 Å². The van der Waals surface area contributed by atoms with Crippen LogP contribution in [0.5, 0.6) is 0 Å². The summed E-state index contributed by atoms with van der Waals surface area (Å²) >= 11 is 6.05. The van der Waals surface area contributed by atoms with Gasteiger partial charge in [0.25, 0.3) is 5.91 Å². The molecule has 0 saturated carbocycles. The normalized spacial score (nSPS) is 16.0. The number of halogens is 1. The molecule has 1 aromatic heterocycles. The van der Waals surface area contributed by atoms with Crippen molar-refractivity contribution in [1.82, 2.24) is 4.98 Å². The first kappa shape index (κ1) is 18.7. The number of anilines is 1. The van der Waals surface area contributed by atoms with Gasteiger partial charge in [-0.3, -0.25) is 4.79 Å². The van der Waals surface area contributed by atoms with Gasteiger partial charge in [-0.1, -0.05) is 11.6 Å². The van der Waals surface area contributed by atoms with Crippen molar-refractivity contribution in [3.63, 3.8) is 0 Å². The van der Waals surface area contributed by atoms with Gasteiger partial charge in [0.2, 0.25) is 6.29 Å². The van der Waals surface area contributed by atoms with E-state index in [-0.39, 0.29) is 24.4 Å². The van der Waals surface area contributed by atoms with Crippen LogP contribution in [0.25, 0.3) is 10.9 Å². The maximum atomic E-state index is 12.5. The molecule has 1 fully saturated rings. The number of benzene rings is 1. The van der Waals surface area contributed by atoms with Crippen molar-refractivity contribution >= 4 is 40.1 Å². The quantitative estimate of drug-likeness (QED) is 0.630. The number of aromatic nitrogens is 1. The number of aromatic amines is 1. The molecule has 1 aliphatic rings. The highest BCUT2D eigenvalue weighted by Gasteiger charge is 2.24. The fourth-order valence-electron chi connectivity index (χ4n) is 2.89. The molecule has 3 rings (SSSR count). The first-order valence-corrected chi connectivity index (χ1v) is 8.59. The highest BCUT2D eigenvalue weighted by molar-refractivity contribution is 6.31. The molecule has 9 heteroatoms. The number of ether oxygens (including phenoxy) is 3. The van der Waals surface area contributed by atoms with Crippen LogP contribution in [0.3, 0.4) is 0 Å². The molecule has 0 aliphatic carbocycles. The number of rotatable bonds is 6. The van der Waals surface area contributed by atoms with Crippen LogP contribution in [-0.4, -0.2) is 63.6 Å². The van der Waals surface area contributed by atoms with E-state index in [1.165, 1.54) is 7.11 Å². The standard InChI is InChI=1S/C17H20ClN3O5/c1-21(9-14-25-5-6-26-14)8-13(22)20-15-11-7-10(18)3-4-12(11)19-16(15)17(23)24-2/h3-4,7,14,19H,5-6,8-9H2,1-2H3,(H,20,22)/p+1. The summed E-state index contributed by atoms with van der Waals surface area (Å²) < 4.78 is 15.6. The lowest BCUT2D eigenvalue weighted by atomic mass is 10.2. The number of hydrogen-bond acceptors (Lipinski definition) is 5. The molecule has 26 heavy (non-hydrogen) atoms. The zero-order valence-electron chi connectivity index (χ0n) is 14.6. The average molecular weight is 383 g/mol. The summed E-state index contributed by atoms with van der Waals surface area (Å²) in [6, 6.07) is 5.13. The van der Waals surface area contributed by atoms with Crippen molar-refractivity contribution in [3.05, 3.63) is 28.9 Å². The van der Waals surface area contributed by atoms with Gasteiger partial charge in [-0.05, 0) is 18.2 Å². The minimum atomic E-state index is -0.568. The van der Waals surface area contributed by atoms with Crippen LogP contribution >= 0.6 is 11.6 Å². The Hall–Kier alpha value is -2.13. The Morgan fingerprint density at radius 3 is 2.81 bits per heavy atom. The van der Waals surface area contributed by atoms with E-state index < -0.39 is 5.97 Å². The smallest absolute Gasteiger partial charge is 0.356 e. The van der Waals surface area contributed by atoms with E-state index in [2.05, 4.69) is 10.3 Å². The van der Waals surface area contributed by atoms with Crippen molar-refractivity contribution in [2.24, 2.45) is 0 Å². The molecular weight excluding hydrogens is 362 g/mol. The summed E-state index contributed by atoms with van der Waals surface area (Å²) in [6.07, 6.45) is -0.291. The van der Waals surface area contributed by atoms with E-state index >= 15 is 0 Å². The zero-order valence-corrected chi connectivity index (χ0v) is 15.3. The van der Waals surface area contributed by atoms with Gasteiger partial charge in [-0.15, -0.1) is 0 Å². The SMILES string of the molecule is COC(=O)c1[nH]c2ccc(Cl)cc2c1NC(=O)C[NH+](C)CC1OCCO1. The summed E-state index contributed by atoms with van der Waals surface area (Å²) in [5.74, 6) is -0.812. The maximum absolute atomic E-state index is 12.5. The maximum Gasteiger partial charge on any atom is 0.356 e. The van der Waals surface area contributed by atoms with Gasteiger partial charge < -0.3 is 29.4 Å². The Bertz CT molecular complexity index is 816. The molecule has 1 unspecified atom stereocenters. The second-order valence-corrected chi connectivity index (χ2v) is 6.55. The molecule has 1 aromatic carbocycles.